The number of carbonyl (C=O) groups excluding carboxylic acids is 1. The molecule has 3 rings (SSSR count). The molecule has 2 heteroatoms. The molecule has 162 valence electrons. The molecule has 0 radical (unpaired) electrons. The van der Waals surface area contributed by atoms with Gasteiger partial charge < -0.3 is 4.74 Å². The van der Waals surface area contributed by atoms with Crippen molar-refractivity contribution in [3.05, 3.63) is 0 Å². The monoisotopic (exact) mass is 390 g/mol. The summed E-state index contributed by atoms with van der Waals surface area (Å²) in [6, 6.07) is 0. The molecule has 0 unspecified atom stereocenters. The van der Waals surface area contributed by atoms with Crippen LogP contribution in [0.4, 0.5) is 0 Å². The molecule has 0 saturated heterocycles. The van der Waals surface area contributed by atoms with E-state index in [0.29, 0.717) is 6.61 Å². The second-order valence-electron chi connectivity index (χ2n) is 10.4. The SMILES string of the molecule is CCCCOC(=O)C1([C@]2(CCC)CC[C@H](C3CCCCC3)CC2)CCCCC1. The normalized spacial score (nSPS) is 31.4. The molecule has 0 aromatic heterocycles. The van der Waals surface area contributed by atoms with Crippen LogP contribution in [0.1, 0.15) is 129 Å². The summed E-state index contributed by atoms with van der Waals surface area (Å²) in [5.41, 5.74) is 0.0448. The Morgan fingerprint density at radius 3 is 2.00 bits per heavy atom. The molecule has 0 aliphatic heterocycles. The van der Waals surface area contributed by atoms with Gasteiger partial charge in [0.1, 0.15) is 0 Å². The second-order valence-corrected chi connectivity index (χ2v) is 10.4. The van der Waals surface area contributed by atoms with E-state index in [4.69, 9.17) is 4.74 Å². The van der Waals surface area contributed by atoms with Crippen molar-refractivity contribution < 1.29 is 9.53 Å². The van der Waals surface area contributed by atoms with Gasteiger partial charge in [-0.15, -0.1) is 0 Å². The fraction of sp³-hybridized carbons (Fsp3) is 0.962. The molecule has 3 aliphatic rings. The molecule has 0 N–H and O–H groups in total. The third-order valence-electron chi connectivity index (χ3n) is 8.88. The number of esters is 1. The maximum Gasteiger partial charge on any atom is 0.312 e. The molecule has 0 aromatic carbocycles. The van der Waals surface area contributed by atoms with E-state index in [9.17, 15) is 4.79 Å². The van der Waals surface area contributed by atoms with E-state index >= 15 is 0 Å². The minimum Gasteiger partial charge on any atom is -0.465 e. The highest BCUT2D eigenvalue weighted by atomic mass is 16.5. The van der Waals surface area contributed by atoms with Crippen LogP contribution in [0, 0.1) is 22.7 Å². The molecule has 3 fully saturated rings. The van der Waals surface area contributed by atoms with Crippen molar-refractivity contribution in [1.82, 2.24) is 0 Å². The van der Waals surface area contributed by atoms with Gasteiger partial charge >= 0.3 is 5.97 Å². The zero-order valence-corrected chi connectivity index (χ0v) is 18.9. The largest absolute Gasteiger partial charge is 0.465 e. The minimum absolute atomic E-state index is 0.174. The molecule has 28 heavy (non-hydrogen) atoms. The summed E-state index contributed by atoms with van der Waals surface area (Å²) in [6.45, 7) is 5.13. The van der Waals surface area contributed by atoms with Crippen LogP contribution in [-0.4, -0.2) is 12.6 Å². The standard InChI is InChI=1S/C26H46O2/c1-3-5-21-28-24(27)26(17-10-7-11-18-26)25(16-4-2)19-14-23(15-20-25)22-12-8-6-9-13-22/h22-23H,3-21H2,1-2H3/t23-,25+. The van der Waals surface area contributed by atoms with E-state index in [1.165, 1.54) is 89.9 Å². The van der Waals surface area contributed by atoms with Gasteiger partial charge in [0.2, 0.25) is 0 Å². The van der Waals surface area contributed by atoms with E-state index in [1.807, 2.05) is 0 Å². The zero-order chi connectivity index (χ0) is 19.9. The molecule has 0 amide bonds. The van der Waals surface area contributed by atoms with Crippen molar-refractivity contribution in [2.24, 2.45) is 22.7 Å². The van der Waals surface area contributed by atoms with Gasteiger partial charge in [-0.25, -0.2) is 0 Å². The van der Waals surface area contributed by atoms with Gasteiger partial charge in [0.05, 0.1) is 12.0 Å². The van der Waals surface area contributed by atoms with Crippen LogP contribution in [0.25, 0.3) is 0 Å². The first-order valence-electron chi connectivity index (χ1n) is 12.8. The number of unbranched alkanes of at least 4 members (excludes halogenated alkanes) is 1. The van der Waals surface area contributed by atoms with Crippen molar-refractivity contribution in [3.8, 4) is 0 Å². The van der Waals surface area contributed by atoms with Gasteiger partial charge in [0, 0.05) is 0 Å². The topological polar surface area (TPSA) is 26.3 Å². The Bertz CT molecular complexity index is 463. The van der Waals surface area contributed by atoms with Crippen LogP contribution in [0.5, 0.6) is 0 Å². The third kappa shape index (κ3) is 4.62. The van der Waals surface area contributed by atoms with E-state index in [1.54, 1.807) is 0 Å². The van der Waals surface area contributed by atoms with Crippen molar-refractivity contribution in [2.45, 2.75) is 129 Å². The van der Waals surface area contributed by atoms with E-state index in [-0.39, 0.29) is 16.8 Å². The minimum atomic E-state index is -0.174. The molecule has 3 saturated carbocycles. The Balaban J connectivity index is 1.75. The molecule has 0 spiro atoms. The fourth-order valence-electron chi connectivity index (χ4n) is 7.27. The summed E-state index contributed by atoms with van der Waals surface area (Å²) >= 11 is 0. The molecule has 2 nitrogen and oxygen atoms in total. The molecule has 3 aliphatic carbocycles. The first-order valence-corrected chi connectivity index (χ1v) is 12.8. The number of hydrogen-bond donors (Lipinski definition) is 0. The zero-order valence-electron chi connectivity index (χ0n) is 18.9. The highest BCUT2D eigenvalue weighted by Crippen LogP contribution is 2.61. The number of hydrogen-bond acceptors (Lipinski definition) is 2. The molecule has 0 atom stereocenters. The average Bonchev–Trinajstić information content (AvgIpc) is 2.75. The summed E-state index contributed by atoms with van der Waals surface area (Å²) in [4.78, 5) is 13.5. The van der Waals surface area contributed by atoms with Crippen LogP contribution in [-0.2, 0) is 9.53 Å². The molecular weight excluding hydrogens is 344 g/mol. The Hall–Kier alpha value is -0.530. The highest BCUT2D eigenvalue weighted by Gasteiger charge is 2.57. The van der Waals surface area contributed by atoms with Crippen molar-refractivity contribution in [2.75, 3.05) is 6.61 Å². The van der Waals surface area contributed by atoms with E-state index in [2.05, 4.69) is 13.8 Å². The summed E-state index contributed by atoms with van der Waals surface area (Å²) in [5.74, 6) is 2.10. The van der Waals surface area contributed by atoms with Crippen LogP contribution in [0.15, 0.2) is 0 Å². The smallest absolute Gasteiger partial charge is 0.312 e. The van der Waals surface area contributed by atoms with Crippen LogP contribution >= 0.6 is 0 Å². The molecule has 0 aromatic rings. The lowest BCUT2D eigenvalue weighted by atomic mass is 9.49. The Kier molecular flexibility index (Phi) is 8.30. The van der Waals surface area contributed by atoms with Crippen molar-refractivity contribution in [3.63, 3.8) is 0 Å². The lowest BCUT2D eigenvalue weighted by Gasteiger charge is -2.55. The summed E-state index contributed by atoms with van der Waals surface area (Å²) in [5, 5.41) is 0. The van der Waals surface area contributed by atoms with Crippen LogP contribution in [0.3, 0.4) is 0 Å². The first-order chi connectivity index (χ1) is 13.7. The van der Waals surface area contributed by atoms with Gasteiger partial charge in [0.25, 0.3) is 0 Å². The maximum absolute atomic E-state index is 13.5. The van der Waals surface area contributed by atoms with Gasteiger partial charge in [0.15, 0.2) is 0 Å². The number of carbonyl (C=O) groups is 1. The molecule has 0 heterocycles. The van der Waals surface area contributed by atoms with Gasteiger partial charge in [-0.1, -0.05) is 78.1 Å². The van der Waals surface area contributed by atoms with E-state index in [0.717, 1.165) is 37.5 Å². The predicted octanol–water partition coefficient (Wildman–Crippen LogP) is 7.84. The molecular formula is C26H46O2. The summed E-state index contributed by atoms with van der Waals surface area (Å²) in [6.07, 6.45) is 23.1. The van der Waals surface area contributed by atoms with Crippen LogP contribution in [0.2, 0.25) is 0 Å². The van der Waals surface area contributed by atoms with Crippen molar-refractivity contribution >= 4 is 5.97 Å². The van der Waals surface area contributed by atoms with E-state index < -0.39 is 0 Å². The third-order valence-corrected chi connectivity index (χ3v) is 8.88. The first kappa shape index (κ1) is 22.2. The second kappa shape index (κ2) is 10.5. The Morgan fingerprint density at radius 1 is 0.786 bits per heavy atom. The predicted molar refractivity (Wildman–Crippen MR) is 117 cm³/mol. The van der Waals surface area contributed by atoms with Crippen LogP contribution < -0.4 is 0 Å². The van der Waals surface area contributed by atoms with Gasteiger partial charge in [-0.05, 0) is 68.6 Å². The quantitative estimate of drug-likeness (QED) is 0.312. The molecule has 0 bridgehead atoms. The average molecular weight is 391 g/mol. The Labute approximate surface area is 174 Å². The Morgan fingerprint density at radius 2 is 1.39 bits per heavy atom. The van der Waals surface area contributed by atoms with Crippen molar-refractivity contribution in [1.29, 1.82) is 0 Å². The summed E-state index contributed by atoms with van der Waals surface area (Å²) < 4.78 is 5.95. The fourth-order valence-corrected chi connectivity index (χ4v) is 7.27. The maximum atomic E-state index is 13.5. The van der Waals surface area contributed by atoms with Gasteiger partial charge in [-0.2, -0.15) is 0 Å². The summed E-state index contributed by atoms with van der Waals surface area (Å²) in [7, 11) is 0. The number of rotatable bonds is 8. The lowest BCUT2D eigenvalue weighted by molar-refractivity contribution is -0.175. The number of ether oxygens (including phenoxy) is 1. The lowest BCUT2D eigenvalue weighted by Crippen LogP contribution is -2.52. The van der Waals surface area contributed by atoms with Gasteiger partial charge in [-0.3, -0.25) is 4.79 Å². The highest BCUT2D eigenvalue weighted by molar-refractivity contribution is 5.78.